The molecule has 0 saturated carbocycles. The molecule has 4 nitrogen and oxygen atoms in total. The van der Waals surface area contributed by atoms with Crippen molar-refractivity contribution in [2.24, 2.45) is 0 Å². The number of fused-ring (bicyclic) bond motifs is 1. The minimum absolute atomic E-state index is 0.287. The van der Waals surface area contributed by atoms with Crippen molar-refractivity contribution in [1.29, 1.82) is 0 Å². The molecule has 0 spiro atoms. The first-order chi connectivity index (χ1) is 11.6. The van der Waals surface area contributed by atoms with Crippen molar-refractivity contribution in [2.45, 2.75) is 32.6 Å². The molecule has 124 valence electrons. The summed E-state index contributed by atoms with van der Waals surface area (Å²) in [5, 5.41) is 2.75. The van der Waals surface area contributed by atoms with E-state index in [1.165, 1.54) is 17.5 Å². The maximum atomic E-state index is 12.2. The van der Waals surface area contributed by atoms with E-state index >= 15 is 0 Å². The summed E-state index contributed by atoms with van der Waals surface area (Å²) < 4.78 is 5.14. The Balaban J connectivity index is 1.57. The van der Waals surface area contributed by atoms with Crippen LogP contribution in [0.5, 0.6) is 0 Å². The van der Waals surface area contributed by atoms with Crippen LogP contribution < -0.4 is 5.32 Å². The van der Waals surface area contributed by atoms with E-state index in [2.05, 4.69) is 5.32 Å². The quantitative estimate of drug-likeness (QED) is 0.874. The Labute approximate surface area is 141 Å². The van der Waals surface area contributed by atoms with E-state index < -0.39 is 5.97 Å². The number of rotatable bonds is 4. The Morgan fingerprint density at radius 2 is 1.79 bits per heavy atom. The van der Waals surface area contributed by atoms with Crippen molar-refractivity contribution >= 4 is 17.6 Å². The molecule has 0 atom stereocenters. The molecule has 0 saturated heterocycles. The van der Waals surface area contributed by atoms with Crippen LogP contribution >= 0.6 is 0 Å². The number of hydrogen-bond donors (Lipinski definition) is 1. The Morgan fingerprint density at radius 1 is 1.04 bits per heavy atom. The highest BCUT2D eigenvalue weighted by Crippen LogP contribution is 2.22. The monoisotopic (exact) mass is 323 g/mol. The van der Waals surface area contributed by atoms with Crippen molar-refractivity contribution in [3.05, 3.63) is 64.7 Å². The van der Waals surface area contributed by atoms with Crippen LogP contribution in [0.1, 0.15) is 39.9 Å². The molecular weight excluding hydrogens is 302 g/mol. The first-order valence-corrected chi connectivity index (χ1v) is 8.28. The Hall–Kier alpha value is -2.62. The van der Waals surface area contributed by atoms with Gasteiger partial charge < -0.3 is 10.1 Å². The first kappa shape index (κ1) is 16.2. The normalized spacial score (nSPS) is 13.0. The van der Waals surface area contributed by atoms with Crippen molar-refractivity contribution < 1.29 is 14.3 Å². The van der Waals surface area contributed by atoms with Crippen LogP contribution in [0.4, 0.5) is 5.69 Å². The van der Waals surface area contributed by atoms with E-state index in [-0.39, 0.29) is 12.5 Å². The molecule has 0 aliphatic heterocycles. The molecular formula is C20H21NO3. The lowest BCUT2D eigenvalue weighted by Gasteiger charge is -2.16. The van der Waals surface area contributed by atoms with Gasteiger partial charge in [0.1, 0.15) is 0 Å². The van der Waals surface area contributed by atoms with E-state index in [4.69, 9.17) is 4.74 Å². The number of amides is 1. The van der Waals surface area contributed by atoms with Crippen LogP contribution in [-0.4, -0.2) is 18.5 Å². The fraction of sp³-hybridized carbons (Fsp3) is 0.300. The van der Waals surface area contributed by atoms with E-state index in [9.17, 15) is 9.59 Å². The third-order valence-corrected chi connectivity index (χ3v) is 4.34. The van der Waals surface area contributed by atoms with Gasteiger partial charge in [0.2, 0.25) is 0 Å². The second-order valence-electron chi connectivity index (χ2n) is 6.13. The molecule has 0 heterocycles. The van der Waals surface area contributed by atoms with Crippen molar-refractivity contribution in [2.75, 3.05) is 11.9 Å². The predicted octanol–water partition coefficient (Wildman–Crippen LogP) is 3.67. The number of para-hydroxylation sites is 1. The molecule has 0 radical (unpaired) electrons. The zero-order chi connectivity index (χ0) is 16.9. The van der Waals surface area contributed by atoms with Crippen LogP contribution in [0.2, 0.25) is 0 Å². The zero-order valence-electron chi connectivity index (χ0n) is 13.8. The van der Waals surface area contributed by atoms with E-state index in [0.29, 0.717) is 5.56 Å². The van der Waals surface area contributed by atoms with Crippen molar-refractivity contribution in [3.8, 4) is 0 Å². The number of ether oxygens (including phenoxy) is 1. The van der Waals surface area contributed by atoms with Gasteiger partial charge in [0.05, 0.1) is 5.56 Å². The van der Waals surface area contributed by atoms with Crippen molar-refractivity contribution in [3.63, 3.8) is 0 Å². The number of carbonyl (C=O) groups is 2. The summed E-state index contributed by atoms with van der Waals surface area (Å²) in [6.45, 7) is 1.62. The average Bonchev–Trinajstić information content (AvgIpc) is 2.61. The van der Waals surface area contributed by atoms with Crippen LogP contribution in [0.25, 0.3) is 0 Å². The number of hydrogen-bond acceptors (Lipinski definition) is 3. The third-order valence-electron chi connectivity index (χ3n) is 4.34. The average molecular weight is 323 g/mol. The van der Waals surface area contributed by atoms with Crippen molar-refractivity contribution in [1.82, 2.24) is 0 Å². The van der Waals surface area contributed by atoms with Gasteiger partial charge in [-0.2, -0.15) is 0 Å². The molecule has 0 fully saturated rings. The van der Waals surface area contributed by atoms with Gasteiger partial charge in [0, 0.05) is 5.69 Å². The predicted molar refractivity (Wildman–Crippen MR) is 93.2 cm³/mol. The molecule has 4 heteroatoms. The van der Waals surface area contributed by atoms with Crippen LogP contribution in [0, 0.1) is 6.92 Å². The highest BCUT2D eigenvalue weighted by molar-refractivity contribution is 5.96. The maximum absolute atomic E-state index is 12.2. The maximum Gasteiger partial charge on any atom is 0.338 e. The number of carbonyl (C=O) groups excluding carboxylic acids is 2. The largest absolute Gasteiger partial charge is 0.452 e. The third kappa shape index (κ3) is 3.82. The van der Waals surface area contributed by atoms with Gasteiger partial charge >= 0.3 is 5.97 Å². The number of aryl methyl sites for hydroxylation is 3. The van der Waals surface area contributed by atoms with Gasteiger partial charge in [-0.25, -0.2) is 4.79 Å². The number of benzene rings is 2. The van der Waals surface area contributed by atoms with E-state index in [1.54, 1.807) is 6.07 Å². The highest BCUT2D eigenvalue weighted by Gasteiger charge is 2.15. The molecule has 0 aromatic heterocycles. The Bertz CT molecular complexity index is 767. The summed E-state index contributed by atoms with van der Waals surface area (Å²) >= 11 is 0. The summed E-state index contributed by atoms with van der Waals surface area (Å²) in [5.41, 5.74) is 4.74. The van der Waals surface area contributed by atoms with Gasteiger partial charge in [-0.3, -0.25) is 4.79 Å². The fourth-order valence-electron chi connectivity index (χ4n) is 2.97. The zero-order valence-corrected chi connectivity index (χ0v) is 13.8. The summed E-state index contributed by atoms with van der Waals surface area (Å²) in [6, 6.07) is 13.2. The molecule has 1 aliphatic rings. The summed E-state index contributed by atoms with van der Waals surface area (Å²) in [6.07, 6.45) is 4.44. The summed E-state index contributed by atoms with van der Waals surface area (Å²) in [7, 11) is 0. The van der Waals surface area contributed by atoms with Gasteiger partial charge in [0.15, 0.2) is 6.61 Å². The molecule has 3 rings (SSSR count). The smallest absolute Gasteiger partial charge is 0.338 e. The first-order valence-electron chi connectivity index (χ1n) is 8.28. The second kappa shape index (κ2) is 7.30. The van der Waals surface area contributed by atoms with Gasteiger partial charge in [-0.15, -0.1) is 0 Å². The summed E-state index contributed by atoms with van der Waals surface area (Å²) in [5.74, 6) is -0.793. The van der Waals surface area contributed by atoms with E-state index in [1.807, 2.05) is 43.3 Å². The standard InChI is InChI=1S/C20H21NO3/c1-14-6-2-5-9-18(14)21-19(22)13-24-20(23)17-11-10-15-7-3-4-8-16(15)12-17/h2,5-6,9-12H,3-4,7-8,13H2,1H3,(H,21,22). The van der Waals surface area contributed by atoms with Gasteiger partial charge in [-0.05, 0) is 67.5 Å². The lowest BCUT2D eigenvalue weighted by molar-refractivity contribution is -0.119. The fourth-order valence-corrected chi connectivity index (χ4v) is 2.97. The van der Waals surface area contributed by atoms with Gasteiger partial charge in [0.25, 0.3) is 5.91 Å². The minimum Gasteiger partial charge on any atom is -0.452 e. The lowest BCUT2D eigenvalue weighted by atomic mass is 9.90. The lowest BCUT2D eigenvalue weighted by Crippen LogP contribution is -2.21. The number of esters is 1. The SMILES string of the molecule is Cc1ccccc1NC(=O)COC(=O)c1ccc2c(c1)CCCC2. The van der Waals surface area contributed by atoms with Crippen LogP contribution in [0.15, 0.2) is 42.5 Å². The molecule has 1 N–H and O–H groups in total. The van der Waals surface area contributed by atoms with Crippen LogP contribution in [0.3, 0.4) is 0 Å². The molecule has 24 heavy (non-hydrogen) atoms. The minimum atomic E-state index is -0.455. The second-order valence-corrected chi connectivity index (χ2v) is 6.13. The van der Waals surface area contributed by atoms with E-state index in [0.717, 1.165) is 30.5 Å². The molecule has 2 aromatic carbocycles. The van der Waals surface area contributed by atoms with Gasteiger partial charge in [-0.1, -0.05) is 24.3 Å². The number of anilines is 1. The topological polar surface area (TPSA) is 55.4 Å². The highest BCUT2D eigenvalue weighted by atomic mass is 16.5. The molecule has 0 unspecified atom stereocenters. The molecule has 1 aliphatic carbocycles. The molecule has 2 aromatic rings. The van der Waals surface area contributed by atoms with Crippen LogP contribution in [-0.2, 0) is 22.4 Å². The summed E-state index contributed by atoms with van der Waals surface area (Å²) in [4.78, 5) is 24.1. The number of nitrogens with one attached hydrogen (secondary N) is 1. The Morgan fingerprint density at radius 3 is 2.58 bits per heavy atom. The Kier molecular flexibility index (Phi) is 4.94. The molecule has 1 amide bonds. The molecule has 0 bridgehead atoms.